The summed E-state index contributed by atoms with van der Waals surface area (Å²) >= 11 is 0. The lowest BCUT2D eigenvalue weighted by atomic mass is 10.1. The maximum absolute atomic E-state index is 12.6. The number of carbonyl (C=O) groups is 2. The van der Waals surface area contributed by atoms with E-state index in [1.54, 1.807) is 58.6 Å². The van der Waals surface area contributed by atoms with Gasteiger partial charge in [-0.15, -0.1) is 0 Å². The summed E-state index contributed by atoms with van der Waals surface area (Å²) in [6, 6.07) is 10.6. The first-order valence-electron chi connectivity index (χ1n) is 10.0. The number of methoxy groups -OCH3 is 3. The molecule has 1 amide bonds. The molecule has 0 saturated heterocycles. The molecule has 0 aromatic heterocycles. The first-order chi connectivity index (χ1) is 15.0. The smallest absolute Gasteiger partial charge is 0.338 e. The van der Waals surface area contributed by atoms with Crippen molar-refractivity contribution in [3.63, 3.8) is 0 Å². The van der Waals surface area contributed by atoms with Gasteiger partial charge >= 0.3 is 5.97 Å². The zero-order valence-electron chi connectivity index (χ0n) is 18.7. The Bertz CT molecular complexity index is 900. The molecule has 2 rings (SSSR count). The average Bonchev–Trinajstić information content (AvgIpc) is 2.80. The van der Waals surface area contributed by atoms with Crippen LogP contribution in [-0.4, -0.2) is 52.9 Å². The minimum atomic E-state index is -0.384. The molecule has 0 aliphatic heterocycles. The molecule has 8 heteroatoms. The van der Waals surface area contributed by atoms with Crippen molar-refractivity contribution in [3.05, 3.63) is 47.5 Å². The van der Waals surface area contributed by atoms with Gasteiger partial charge in [0.25, 0.3) is 0 Å². The molecule has 0 radical (unpaired) electrons. The van der Waals surface area contributed by atoms with E-state index in [2.05, 4.69) is 5.32 Å². The topological polar surface area (TPSA) is 86.3 Å². The van der Waals surface area contributed by atoms with Crippen molar-refractivity contribution in [1.29, 1.82) is 0 Å². The highest BCUT2D eigenvalue weighted by Crippen LogP contribution is 2.34. The van der Waals surface area contributed by atoms with Crippen LogP contribution >= 0.6 is 0 Å². The molecule has 0 saturated carbocycles. The molecular weight excluding hydrogens is 400 g/mol. The van der Waals surface area contributed by atoms with Crippen molar-refractivity contribution in [2.24, 2.45) is 0 Å². The zero-order valence-corrected chi connectivity index (χ0v) is 18.7. The molecule has 8 nitrogen and oxygen atoms in total. The highest BCUT2D eigenvalue weighted by molar-refractivity contribution is 5.91. The molecule has 0 spiro atoms. The van der Waals surface area contributed by atoms with Crippen LogP contribution in [0.2, 0.25) is 0 Å². The fourth-order valence-corrected chi connectivity index (χ4v) is 3.08. The Hall–Kier alpha value is -3.42. The van der Waals surface area contributed by atoms with Gasteiger partial charge < -0.3 is 29.2 Å². The van der Waals surface area contributed by atoms with E-state index in [0.717, 1.165) is 11.3 Å². The second kappa shape index (κ2) is 11.7. The van der Waals surface area contributed by atoms with Crippen molar-refractivity contribution >= 4 is 17.6 Å². The Balaban J connectivity index is 2.08. The minimum Gasteiger partial charge on any atom is -0.496 e. The molecule has 0 fully saturated rings. The number of nitrogens with zero attached hydrogens (tertiary/aromatic N) is 1. The molecule has 2 aromatic rings. The molecule has 1 N–H and O–H groups in total. The van der Waals surface area contributed by atoms with Gasteiger partial charge in [0, 0.05) is 30.4 Å². The summed E-state index contributed by atoms with van der Waals surface area (Å²) in [5.41, 5.74) is 1.99. The van der Waals surface area contributed by atoms with Crippen molar-refractivity contribution < 1.29 is 28.5 Å². The average molecular weight is 431 g/mol. The third-order valence-corrected chi connectivity index (χ3v) is 4.70. The van der Waals surface area contributed by atoms with Crippen LogP contribution in [0.4, 0.5) is 5.69 Å². The summed E-state index contributed by atoms with van der Waals surface area (Å²) in [5.74, 6) is 1.14. The Morgan fingerprint density at radius 2 is 1.61 bits per heavy atom. The summed E-state index contributed by atoms with van der Waals surface area (Å²) in [7, 11) is 4.66. The van der Waals surface area contributed by atoms with Gasteiger partial charge in [0.05, 0.1) is 40.0 Å². The lowest BCUT2D eigenvalue weighted by Gasteiger charge is -2.23. The third kappa shape index (κ3) is 6.28. The lowest BCUT2D eigenvalue weighted by Crippen LogP contribution is -2.37. The van der Waals surface area contributed by atoms with E-state index in [0.29, 0.717) is 36.0 Å². The molecule has 0 aliphatic rings. The van der Waals surface area contributed by atoms with E-state index in [1.807, 2.05) is 17.9 Å². The van der Waals surface area contributed by atoms with Crippen LogP contribution in [0.3, 0.4) is 0 Å². The minimum absolute atomic E-state index is 0.137. The van der Waals surface area contributed by atoms with E-state index in [-0.39, 0.29) is 25.0 Å². The predicted molar refractivity (Wildman–Crippen MR) is 118 cm³/mol. The summed E-state index contributed by atoms with van der Waals surface area (Å²) in [5, 5.41) is 2.91. The molecule has 0 unspecified atom stereocenters. The molecule has 168 valence electrons. The number of carbonyl (C=O) groups excluding carboxylic acids is 2. The third-order valence-electron chi connectivity index (χ3n) is 4.70. The van der Waals surface area contributed by atoms with Gasteiger partial charge in [0.2, 0.25) is 5.91 Å². The highest BCUT2D eigenvalue weighted by Gasteiger charge is 2.15. The van der Waals surface area contributed by atoms with Crippen molar-refractivity contribution in [3.8, 4) is 17.2 Å². The van der Waals surface area contributed by atoms with E-state index in [1.165, 1.54) is 0 Å². The number of likely N-dealkylation sites (N-methyl/N-ethyl adjacent to an activating group) is 1. The maximum Gasteiger partial charge on any atom is 0.338 e. The van der Waals surface area contributed by atoms with Crippen LogP contribution in [0, 0.1) is 0 Å². The quantitative estimate of drug-likeness (QED) is 0.549. The SMILES string of the molecule is CCOC(=O)c1cccc(N(CC)CC(=O)NCc2cc(OC)c(OC)cc2OC)c1. The number of rotatable bonds is 11. The standard InChI is InChI=1S/C23H30N2O6/c1-6-25(18-10-8-9-16(11-18)23(27)31-7-2)15-22(26)24-14-17-12-20(29-4)21(30-5)13-19(17)28-3/h8-13H,6-7,14-15H2,1-5H3,(H,24,26). The molecule has 0 atom stereocenters. The molecule has 2 aromatic carbocycles. The number of ether oxygens (including phenoxy) is 4. The number of benzene rings is 2. The zero-order chi connectivity index (χ0) is 22.8. The first kappa shape index (κ1) is 23.9. The maximum atomic E-state index is 12.6. The molecular formula is C23H30N2O6. The fourth-order valence-electron chi connectivity index (χ4n) is 3.08. The molecule has 31 heavy (non-hydrogen) atoms. The lowest BCUT2D eigenvalue weighted by molar-refractivity contribution is -0.119. The van der Waals surface area contributed by atoms with E-state index in [9.17, 15) is 9.59 Å². The van der Waals surface area contributed by atoms with Crippen LogP contribution in [0.1, 0.15) is 29.8 Å². The summed E-state index contributed by atoms with van der Waals surface area (Å²) in [4.78, 5) is 26.5. The van der Waals surface area contributed by atoms with E-state index >= 15 is 0 Å². The van der Waals surface area contributed by atoms with Crippen LogP contribution in [0.25, 0.3) is 0 Å². The molecule has 0 aliphatic carbocycles. The van der Waals surface area contributed by atoms with Crippen molar-refractivity contribution in [2.45, 2.75) is 20.4 Å². The monoisotopic (exact) mass is 430 g/mol. The first-order valence-corrected chi connectivity index (χ1v) is 10.0. The van der Waals surface area contributed by atoms with Crippen LogP contribution in [0.15, 0.2) is 36.4 Å². The Morgan fingerprint density at radius 3 is 2.23 bits per heavy atom. The summed E-state index contributed by atoms with van der Waals surface area (Å²) in [6.07, 6.45) is 0. The van der Waals surface area contributed by atoms with Gasteiger partial charge in [-0.05, 0) is 38.1 Å². The Labute approximate surface area is 183 Å². The molecule has 0 heterocycles. The van der Waals surface area contributed by atoms with Crippen molar-refractivity contribution in [1.82, 2.24) is 5.32 Å². The highest BCUT2D eigenvalue weighted by atomic mass is 16.5. The number of nitrogens with one attached hydrogen (secondary N) is 1. The van der Waals surface area contributed by atoms with Crippen LogP contribution in [0.5, 0.6) is 17.2 Å². The van der Waals surface area contributed by atoms with Crippen molar-refractivity contribution in [2.75, 3.05) is 45.9 Å². The largest absolute Gasteiger partial charge is 0.496 e. The predicted octanol–water partition coefficient (Wildman–Crippen LogP) is 3.03. The van der Waals surface area contributed by atoms with Gasteiger partial charge in [-0.2, -0.15) is 0 Å². The number of anilines is 1. The van der Waals surface area contributed by atoms with Gasteiger partial charge in [-0.1, -0.05) is 6.07 Å². The Morgan fingerprint density at radius 1 is 0.935 bits per heavy atom. The number of hydrogen-bond acceptors (Lipinski definition) is 7. The van der Waals surface area contributed by atoms with Crippen LogP contribution in [-0.2, 0) is 16.1 Å². The van der Waals surface area contributed by atoms with Crippen LogP contribution < -0.4 is 24.4 Å². The number of amides is 1. The second-order valence-electron chi connectivity index (χ2n) is 6.58. The van der Waals surface area contributed by atoms with Gasteiger partial charge in [-0.25, -0.2) is 4.79 Å². The summed E-state index contributed by atoms with van der Waals surface area (Å²) in [6.45, 7) is 5.02. The van der Waals surface area contributed by atoms with Gasteiger partial charge in [0.15, 0.2) is 11.5 Å². The Kier molecular flexibility index (Phi) is 8.99. The van der Waals surface area contributed by atoms with E-state index in [4.69, 9.17) is 18.9 Å². The number of hydrogen-bond donors (Lipinski definition) is 1. The normalized spacial score (nSPS) is 10.2. The number of esters is 1. The van der Waals surface area contributed by atoms with Gasteiger partial charge in [0.1, 0.15) is 5.75 Å². The fraction of sp³-hybridized carbons (Fsp3) is 0.391. The van der Waals surface area contributed by atoms with E-state index < -0.39 is 0 Å². The van der Waals surface area contributed by atoms with Gasteiger partial charge in [-0.3, -0.25) is 4.79 Å². The molecule has 0 bridgehead atoms. The summed E-state index contributed by atoms with van der Waals surface area (Å²) < 4.78 is 21.1. The second-order valence-corrected chi connectivity index (χ2v) is 6.58.